The van der Waals surface area contributed by atoms with Crippen LogP contribution in [0.5, 0.6) is 0 Å². The van der Waals surface area contributed by atoms with Gasteiger partial charge >= 0.3 is 0 Å². The summed E-state index contributed by atoms with van der Waals surface area (Å²) in [4.78, 5) is 45.8. The minimum absolute atomic E-state index is 0.0461. The van der Waals surface area contributed by atoms with Crippen molar-refractivity contribution in [2.75, 3.05) is 38.1 Å². The Labute approximate surface area is 213 Å². The number of aromatic amines is 1. The van der Waals surface area contributed by atoms with E-state index in [-0.39, 0.29) is 17.9 Å². The van der Waals surface area contributed by atoms with Crippen molar-refractivity contribution in [3.8, 4) is 11.4 Å². The first-order chi connectivity index (χ1) is 18.1. The molecule has 3 aromatic heterocycles. The molecule has 2 N–H and O–H groups in total. The van der Waals surface area contributed by atoms with E-state index in [1.165, 1.54) is 0 Å². The van der Waals surface area contributed by atoms with Crippen LogP contribution in [-0.4, -0.2) is 80.4 Å². The lowest BCUT2D eigenvalue weighted by atomic mass is 10.2. The van der Waals surface area contributed by atoms with Crippen molar-refractivity contribution in [2.24, 2.45) is 0 Å². The van der Waals surface area contributed by atoms with Gasteiger partial charge in [-0.3, -0.25) is 14.6 Å². The predicted octanol–water partition coefficient (Wildman–Crippen LogP) is 3.23. The number of aromatic nitrogens is 4. The molecule has 10 nitrogen and oxygen atoms in total. The zero-order valence-electron chi connectivity index (χ0n) is 20.3. The predicted molar refractivity (Wildman–Crippen MR) is 138 cm³/mol. The normalized spacial score (nSPS) is 17.8. The lowest BCUT2D eigenvalue weighted by molar-refractivity contribution is -0.142. The van der Waals surface area contributed by atoms with E-state index in [4.69, 9.17) is 4.74 Å². The minimum atomic E-state index is -0.318. The fourth-order valence-electron chi connectivity index (χ4n) is 4.81. The maximum atomic E-state index is 13.2. The number of hydrogen-bond acceptors (Lipinski definition) is 7. The van der Waals surface area contributed by atoms with Crippen LogP contribution in [0.15, 0.2) is 60.9 Å². The lowest BCUT2D eigenvalue weighted by Gasteiger charge is -2.35. The van der Waals surface area contributed by atoms with Crippen molar-refractivity contribution < 1.29 is 14.3 Å². The number of fused-ring (bicyclic) bond motifs is 1. The van der Waals surface area contributed by atoms with Gasteiger partial charge in [0.1, 0.15) is 11.8 Å². The SMILES string of the molecule is O=C(c1cc2cc(Nc3nccc(-c4ccccn4)n3)ccc2[nH]1)N1CCN(C(=O)C2CCCO2)CC1. The molecule has 2 fully saturated rings. The van der Waals surface area contributed by atoms with Crippen LogP contribution in [0.4, 0.5) is 11.6 Å². The van der Waals surface area contributed by atoms with Crippen molar-refractivity contribution in [1.82, 2.24) is 29.7 Å². The molecular formula is C27H27N7O3. The fraction of sp³-hybridized carbons (Fsp3) is 0.296. The highest BCUT2D eigenvalue weighted by molar-refractivity contribution is 5.99. The van der Waals surface area contributed by atoms with Crippen LogP contribution in [0.3, 0.4) is 0 Å². The van der Waals surface area contributed by atoms with Crippen LogP contribution in [0.25, 0.3) is 22.3 Å². The number of nitrogens with one attached hydrogen (secondary N) is 2. The molecule has 1 atom stereocenters. The van der Waals surface area contributed by atoms with Crippen molar-refractivity contribution in [2.45, 2.75) is 18.9 Å². The third kappa shape index (κ3) is 4.88. The van der Waals surface area contributed by atoms with Crippen molar-refractivity contribution in [3.05, 3.63) is 66.6 Å². The molecule has 2 amide bonds. The second-order valence-electron chi connectivity index (χ2n) is 9.21. The highest BCUT2D eigenvalue weighted by Crippen LogP contribution is 2.24. The number of anilines is 2. The van der Waals surface area contributed by atoms with Gasteiger partial charge in [0, 0.05) is 61.8 Å². The van der Waals surface area contributed by atoms with Gasteiger partial charge in [-0.25, -0.2) is 9.97 Å². The average molecular weight is 498 g/mol. The van der Waals surface area contributed by atoms with Gasteiger partial charge in [0.15, 0.2) is 0 Å². The minimum Gasteiger partial charge on any atom is -0.368 e. The van der Waals surface area contributed by atoms with Crippen LogP contribution < -0.4 is 5.32 Å². The monoisotopic (exact) mass is 497 g/mol. The Hall–Kier alpha value is -4.31. The summed E-state index contributed by atoms with van der Waals surface area (Å²) in [5.41, 5.74) is 3.70. The Morgan fingerprint density at radius 3 is 2.59 bits per heavy atom. The molecule has 4 aromatic rings. The molecule has 0 aliphatic carbocycles. The molecule has 10 heteroatoms. The van der Waals surface area contributed by atoms with E-state index >= 15 is 0 Å². The summed E-state index contributed by atoms with van der Waals surface area (Å²) in [5, 5.41) is 4.14. The molecule has 2 aliphatic rings. The first-order valence-electron chi connectivity index (χ1n) is 12.5. The van der Waals surface area contributed by atoms with Crippen LogP contribution in [0, 0.1) is 0 Å². The molecule has 0 spiro atoms. The fourth-order valence-corrected chi connectivity index (χ4v) is 4.81. The lowest BCUT2D eigenvalue weighted by Crippen LogP contribution is -2.52. The third-order valence-electron chi connectivity index (χ3n) is 6.77. The molecule has 0 radical (unpaired) electrons. The molecule has 0 saturated carbocycles. The number of benzene rings is 1. The first-order valence-corrected chi connectivity index (χ1v) is 12.5. The van der Waals surface area contributed by atoms with E-state index in [0.29, 0.717) is 44.4 Å². The van der Waals surface area contributed by atoms with E-state index in [2.05, 4.69) is 25.3 Å². The van der Waals surface area contributed by atoms with Crippen LogP contribution in [0.1, 0.15) is 23.3 Å². The molecule has 2 aliphatic heterocycles. The van der Waals surface area contributed by atoms with Crippen molar-refractivity contribution >= 4 is 34.4 Å². The van der Waals surface area contributed by atoms with Gasteiger partial charge < -0.3 is 24.8 Å². The number of amides is 2. The number of ether oxygens (including phenoxy) is 1. The Kier molecular flexibility index (Phi) is 6.23. The highest BCUT2D eigenvalue weighted by Gasteiger charge is 2.31. The topological polar surface area (TPSA) is 116 Å². The maximum absolute atomic E-state index is 13.2. The number of carbonyl (C=O) groups excluding carboxylic acids is 2. The van der Waals surface area contributed by atoms with Crippen LogP contribution in [-0.2, 0) is 9.53 Å². The summed E-state index contributed by atoms with van der Waals surface area (Å²) >= 11 is 0. The number of carbonyl (C=O) groups is 2. The van der Waals surface area contributed by atoms with E-state index in [9.17, 15) is 9.59 Å². The summed E-state index contributed by atoms with van der Waals surface area (Å²) in [5.74, 6) is 0.441. The van der Waals surface area contributed by atoms with Gasteiger partial charge in [-0.2, -0.15) is 0 Å². The molecular weight excluding hydrogens is 470 g/mol. The Bertz CT molecular complexity index is 1420. The number of pyridine rings is 1. The Morgan fingerprint density at radius 1 is 0.946 bits per heavy atom. The first kappa shape index (κ1) is 23.1. The second-order valence-corrected chi connectivity index (χ2v) is 9.21. The van der Waals surface area contributed by atoms with Gasteiger partial charge in [0.05, 0.1) is 11.4 Å². The van der Waals surface area contributed by atoms with Gasteiger partial charge in [-0.15, -0.1) is 0 Å². The number of piperazine rings is 1. The largest absolute Gasteiger partial charge is 0.368 e. The van der Waals surface area contributed by atoms with Gasteiger partial charge in [0.25, 0.3) is 11.8 Å². The molecule has 188 valence electrons. The summed E-state index contributed by atoms with van der Waals surface area (Å²) in [6.45, 7) is 2.70. The average Bonchev–Trinajstić information content (AvgIpc) is 3.63. The molecule has 1 aromatic carbocycles. The summed E-state index contributed by atoms with van der Waals surface area (Å²) in [7, 11) is 0. The van der Waals surface area contributed by atoms with Crippen LogP contribution >= 0.6 is 0 Å². The zero-order chi connectivity index (χ0) is 25.2. The van der Waals surface area contributed by atoms with Gasteiger partial charge in [-0.1, -0.05) is 6.07 Å². The molecule has 2 saturated heterocycles. The molecule has 1 unspecified atom stereocenters. The number of H-pyrrole nitrogens is 1. The van der Waals surface area contributed by atoms with Crippen molar-refractivity contribution in [3.63, 3.8) is 0 Å². The smallest absolute Gasteiger partial charge is 0.270 e. The van der Waals surface area contributed by atoms with Gasteiger partial charge in [0.2, 0.25) is 5.95 Å². The van der Waals surface area contributed by atoms with E-state index < -0.39 is 0 Å². The molecule has 0 bridgehead atoms. The summed E-state index contributed by atoms with van der Waals surface area (Å²) in [6, 6.07) is 15.2. The standard InChI is InChI=1S/C27H27N7O3/c35-25(33-11-13-34(14-12-33)26(36)24-5-3-15-37-24)23-17-18-16-19(6-7-20(18)31-23)30-27-29-10-8-22(32-27)21-4-1-2-9-28-21/h1-2,4,6-10,16-17,24,31H,3,5,11-15H2,(H,29,30,32). The van der Waals surface area contributed by atoms with Crippen LogP contribution in [0.2, 0.25) is 0 Å². The zero-order valence-corrected chi connectivity index (χ0v) is 20.3. The van der Waals surface area contributed by atoms with E-state index in [0.717, 1.165) is 40.8 Å². The highest BCUT2D eigenvalue weighted by atomic mass is 16.5. The van der Waals surface area contributed by atoms with E-state index in [1.807, 2.05) is 53.4 Å². The number of hydrogen-bond donors (Lipinski definition) is 2. The molecule has 6 rings (SSSR count). The number of rotatable bonds is 5. The third-order valence-corrected chi connectivity index (χ3v) is 6.77. The Morgan fingerprint density at radius 2 is 1.81 bits per heavy atom. The summed E-state index contributed by atoms with van der Waals surface area (Å²) < 4.78 is 5.53. The maximum Gasteiger partial charge on any atom is 0.270 e. The molecule has 37 heavy (non-hydrogen) atoms. The van der Waals surface area contributed by atoms with Crippen molar-refractivity contribution in [1.29, 1.82) is 0 Å². The summed E-state index contributed by atoms with van der Waals surface area (Å²) in [6.07, 6.45) is 4.82. The van der Waals surface area contributed by atoms with E-state index in [1.54, 1.807) is 17.3 Å². The quantitative estimate of drug-likeness (QED) is 0.435. The second kappa shape index (κ2) is 9.98. The Balaban J connectivity index is 1.12. The molecule has 5 heterocycles. The van der Waals surface area contributed by atoms with Gasteiger partial charge in [-0.05, 0) is 55.3 Å². The number of nitrogens with zero attached hydrogens (tertiary/aromatic N) is 5.